The van der Waals surface area contributed by atoms with Crippen LogP contribution in [-0.2, 0) is 4.74 Å². The van der Waals surface area contributed by atoms with E-state index in [0.717, 1.165) is 19.1 Å². The summed E-state index contributed by atoms with van der Waals surface area (Å²) in [5.74, 6) is 1.49. The van der Waals surface area contributed by atoms with Crippen LogP contribution in [-0.4, -0.2) is 20.3 Å². The molecule has 2 heteroatoms. The highest BCUT2D eigenvalue weighted by Crippen LogP contribution is 2.42. The zero-order chi connectivity index (χ0) is 12.0. The van der Waals surface area contributed by atoms with Crippen molar-refractivity contribution in [2.24, 2.45) is 23.0 Å². The second-order valence-electron chi connectivity index (χ2n) is 5.93. The molecule has 0 amide bonds. The van der Waals surface area contributed by atoms with Gasteiger partial charge in [0.25, 0.3) is 0 Å². The zero-order valence-electron chi connectivity index (χ0n) is 11.3. The molecule has 0 radical (unpaired) electrons. The SMILES string of the molecule is COCC(CN)(CC(C)C)C1CCCCC1. The number of methoxy groups -OCH3 is 1. The summed E-state index contributed by atoms with van der Waals surface area (Å²) in [5.41, 5.74) is 6.33. The number of ether oxygens (including phenoxy) is 1. The van der Waals surface area contributed by atoms with Crippen molar-refractivity contribution in [1.29, 1.82) is 0 Å². The Bertz CT molecular complexity index is 187. The van der Waals surface area contributed by atoms with Gasteiger partial charge in [-0.3, -0.25) is 0 Å². The van der Waals surface area contributed by atoms with Gasteiger partial charge in [0.1, 0.15) is 0 Å². The highest BCUT2D eigenvalue weighted by Gasteiger charge is 2.38. The molecule has 1 fully saturated rings. The van der Waals surface area contributed by atoms with Gasteiger partial charge in [-0.2, -0.15) is 0 Å². The van der Waals surface area contributed by atoms with Gasteiger partial charge in [0.15, 0.2) is 0 Å². The Morgan fingerprint density at radius 2 is 1.88 bits per heavy atom. The Labute approximate surface area is 101 Å². The van der Waals surface area contributed by atoms with Gasteiger partial charge in [-0.25, -0.2) is 0 Å². The van der Waals surface area contributed by atoms with Crippen LogP contribution in [0.2, 0.25) is 0 Å². The maximum atomic E-state index is 6.09. The van der Waals surface area contributed by atoms with Gasteiger partial charge in [0.05, 0.1) is 6.61 Å². The fourth-order valence-electron chi connectivity index (χ4n) is 3.47. The average Bonchev–Trinajstić information content (AvgIpc) is 2.29. The number of hydrogen-bond donors (Lipinski definition) is 1. The minimum Gasteiger partial charge on any atom is -0.384 e. The lowest BCUT2D eigenvalue weighted by Gasteiger charge is -2.43. The fraction of sp³-hybridized carbons (Fsp3) is 1.00. The van der Waals surface area contributed by atoms with E-state index in [9.17, 15) is 0 Å². The smallest absolute Gasteiger partial charge is 0.0533 e. The normalized spacial score (nSPS) is 22.3. The van der Waals surface area contributed by atoms with E-state index < -0.39 is 0 Å². The van der Waals surface area contributed by atoms with Gasteiger partial charge < -0.3 is 10.5 Å². The summed E-state index contributed by atoms with van der Waals surface area (Å²) in [6.45, 7) is 6.21. The second kappa shape index (κ2) is 6.61. The molecule has 1 rings (SSSR count). The highest BCUT2D eigenvalue weighted by molar-refractivity contribution is 4.89. The van der Waals surface area contributed by atoms with E-state index in [1.807, 2.05) is 7.11 Å². The first-order chi connectivity index (χ1) is 7.64. The maximum absolute atomic E-state index is 6.09. The maximum Gasteiger partial charge on any atom is 0.0533 e. The molecule has 0 bridgehead atoms. The number of hydrogen-bond acceptors (Lipinski definition) is 2. The van der Waals surface area contributed by atoms with E-state index in [2.05, 4.69) is 13.8 Å². The van der Waals surface area contributed by atoms with Crippen molar-refractivity contribution in [3.05, 3.63) is 0 Å². The van der Waals surface area contributed by atoms with Crippen LogP contribution in [0, 0.1) is 17.3 Å². The van der Waals surface area contributed by atoms with Crippen LogP contribution in [0.1, 0.15) is 52.4 Å². The summed E-state index contributed by atoms with van der Waals surface area (Å²) in [6.07, 6.45) is 8.09. The predicted octanol–water partition coefficient (Wildman–Crippen LogP) is 3.20. The zero-order valence-corrected chi connectivity index (χ0v) is 11.3. The Balaban J connectivity index is 2.72. The van der Waals surface area contributed by atoms with Crippen molar-refractivity contribution in [1.82, 2.24) is 0 Å². The fourth-order valence-corrected chi connectivity index (χ4v) is 3.47. The topological polar surface area (TPSA) is 35.2 Å². The van der Waals surface area contributed by atoms with Gasteiger partial charge >= 0.3 is 0 Å². The minimum absolute atomic E-state index is 0.239. The molecule has 0 spiro atoms. The summed E-state index contributed by atoms with van der Waals surface area (Å²) in [4.78, 5) is 0. The molecule has 0 aromatic rings. The molecule has 1 atom stereocenters. The quantitative estimate of drug-likeness (QED) is 0.756. The van der Waals surface area contributed by atoms with E-state index in [-0.39, 0.29) is 5.41 Å². The molecule has 0 heterocycles. The molecule has 2 N–H and O–H groups in total. The van der Waals surface area contributed by atoms with Crippen LogP contribution in [0.3, 0.4) is 0 Å². The number of nitrogens with two attached hydrogens (primary N) is 1. The van der Waals surface area contributed by atoms with Crippen molar-refractivity contribution in [2.75, 3.05) is 20.3 Å². The summed E-state index contributed by atoms with van der Waals surface area (Å²) in [5, 5.41) is 0. The lowest BCUT2D eigenvalue weighted by Crippen LogP contribution is -2.43. The molecular weight excluding hydrogens is 198 g/mol. The van der Waals surface area contributed by atoms with Crippen LogP contribution < -0.4 is 5.73 Å². The average molecular weight is 227 g/mol. The van der Waals surface area contributed by atoms with Crippen molar-refractivity contribution >= 4 is 0 Å². The van der Waals surface area contributed by atoms with Crippen LogP contribution in [0.15, 0.2) is 0 Å². The third-order valence-electron chi connectivity index (χ3n) is 4.12. The molecule has 1 aliphatic rings. The first-order valence-corrected chi connectivity index (χ1v) is 6.83. The molecule has 1 saturated carbocycles. The van der Waals surface area contributed by atoms with E-state index in [1.54, 1.807) is 0 Å². The van der Waals surface area contributed by atoms with E-state index in [4.69, 9.17) is 10.5 Å². The number of rotatable bonds is 6. The Morgan fingerprint density at radius 3 is 2.31 bits per heavy atom. The van der Waals surface area contributed by atoms with Crippen LogP contribution in [0.4, 0.5) is 0 Å². The van der Waals surface area contributed by atoms with E-state index in [1.165, 1.54) is 38.5 Å². The first kappa shape index (κ1) is 14.0. The summed E-state index contributed by atoms with van der Waals surface area (Å²) >= 11 is 0. The summed E-state index contributed by atoms with van der Waals surface area (Å²) < 4.78 is 5.47. The minimum atomic E-state index is 0.239. The van der Waals surface area contributed by atoms with Gasteiger partial charge in [0.2, 0.25) is 0 Å². The molecule has 1 aliphatic carbocycles. The van der Waals surface area contributed by atoms with E-state index in [0.29, 0.717) is 5.92 Å². The molecule has 2 nitrogen and oxygen atoms in total. The predicted molar refractivity (Wildman–Crippen MR) is 69.4 cm³/mol. The lowest BCUT2D eigenvalue weighted by atomic mass is 9.65. The standard InChI is InChI=1S/C14H29NO/c1-12(2)9-14(10-15,11-16-3)13-7-5-4-6-8-13/h12-13H,4-11,15H2,1-3H3. The molecule has 0 saturated heterocycles. The molecule has 0 aromatic carbocycles. The molecule has 1 unspecified atom stereocenters. The van der Waals surface area contributed by atoms with Gasteiger partial charge in [-0.1, -0.05) is 33.1 Å². The third kappa shape index (κ3) is 3.46. The molecule has 0 aromatic heterocycles. The van der Waals surface area contributed by atoms with Crippen LogP contribution in [0.25, 0.3) is 0 Å². The Morgan fingerprint density at radius 1 is 1.25 bits per heavy atom. The molecule has 0 aliphatic heterocycles. The lowest BCUT2D eigenvalue weighted by molar-refractivity contribution is 0.00590. The van der Waals surface area contributed by atoms with Crippen molar-refractivity contribution in [2.45, 2.75) is 52.4 Å². The molecular formula is C14H29NO. The van der Waals surface area contributed by atoms with Crippen LogP contribution >= 0.6 is 0 Å². The first-order valence-electron chi connectivity index (χ1n) is 6.83. The van der Waals surface area contributed by atoms with Crippen LogP contribution in [0.5, 0.6) is 0 Å². The summed E-state index contributed by atoms with van der Waals surface area (Å²) in [7, 11) is 1.81. The van der Waals surface area contributed by atoms with Crippen molar-refractivity contribution < 1.29 is 4.74 Å². The highest BCUT2D eigenvalue weighted by atomic mass is 16.5. The third-order valence-corrected chi connectivity index (χ3v) is 4.12. The molecule has 96 valence electrons. The van der Waals surface area contributed by atoms with Gasteiger partial charge in [-0.15, -0.1) is 0 Å². The van der Waals surface area contributed by atoms with Crippen molar-refractivity contribution in [3.8, 4) is 0 Å². The largest absolute Gasteiger partial charge is 0.384 e. The van der Waals surface area contributed by atoms with Crippen molar-refractivity contribution in [3.63, 3.8) is 0 Å². The Hall–Kier alpha value is -0.0800. The Kier molecular flexibility index (Phi) is 5.77. The van der Waals surface area contributed by atoms with Gasteiger partial charge in [-0.05, 0) is 31.1 Å². The molecule has 16 heavy (non-hydrogen) atoms. The second-order valence-corrected chi connectivity index (χ2v) is 5.93. The van der Waals surface area contributed by atoms with Gasteiger partial charge in [0, 0.05) is 19.1 Å². The monoisotopic (exact) mass is 227 g/mol. The summed E-state index contributed by atoms with van der Waals surface area (Å²) in [6, 6.07) is 0. The van der Waals surface area contributed by atoms with E-state index >= 15 is 0 Å².